The number of hydrogen-bond donors (Lipinski definition) is 11. The van der Waals surface area contributed by atoms with Crippen LogP contribution < -0.4 is 65.8 Å². The Balaban J connectivity index is 5.22. The predicted molar refractivity (Wildman–Crippen MR) is 149 cm³/mol. The quantitative estimate of drug-likeness (QED) is 0.0236. The van der Waals surface area contributed by atoms with Crippen molar-refractivity contribution >= 4 is 63.4 Å². The van der Waals surface area contributed by atoms with Crippen LogP contribution in [0.2, 0.25) is 5.32 Å². The monoisotopic (exact) mass is 665 g/mol. The molecule has 0 heterocycles. The van der Waals surface area contributed by atoms with Crippen LogP contribution in [0.1, 0.15) is 38.5 Å². The van der Waals surface area contributed by atoms with Gasteiger partial charge in [0.05, 0.1) is 0 Å². The van der Waals surface area contributed by atoms with Crippen LogP contribution in [0.15, 0.2) is 4.99 Å². The molecule has 237 valence electrons. The van der Waals surface area contributed by atoms with Crippen LogP contribution in [0.3, 0.4) is 0 Å². The van der Waals surface area contributed by atoms with Gasteiger partial charge in [0.1, 0.15) is 0 Å². The minimum atomic E-state index is -1.65. The molecule has 0 rings (SSSR count). The second-order valence-corrected chi connectivity index (χ2v) is 9.73. The third kappa shape index (κ3) is 17.5. The van der Waals surface area contributed by atoms with Gasteiger partial charge in [-0.25, -0.2) is 0 Å². The van der Waals surface area contributed by atoms with Gasteiger partial charge in [0.2, 0.25) is 0 Å². The Kier molecular flexibility index (Phi) is 18.6. The molecular formula is C22H41N12O7Se. The second kappa shape index (κ2) is 20.7. The van der Waals surface area contributed by atoms with Crippen LogP contribution in [0.4, 0.5) is 0 Å². The average molecular weight is 665 g/mol. The van der Waals surface area contributed by atoms with Gasteiger partial charge in [-0.3, -0.25) is 11.5 Å². The van der Waals surface area contributed by atoms with Crippen molar-refractivity contribution in [2.75, 3.05) is 19.6 Å². The molecule has 0 aliphatic heterocycles. The van der Waals surface area contributed by atoms with Crippen LogP contribution >= 0.6 is 0 Å². The van der Waals surface area contributed by atoms with E-state index in [2.05, 4.69) is 47.3 Å². The molecule has 0 saturated heterocycles. The summed E-state index contributed by atoms with van der Waals surface area (Å²) in [6.45, 7) is 0.0307. The number of carbonyl (C=O) groups excluding carboxylic acids is 6. The summed E-state index contributed by atoms with van der Waals surface area (Å²) in [5.41, 5.74) is 32.0. The van der Waals surface area contributed by atoms with E-state index >= 15 is 0 Å². The number of aliphatic carboxylic acids is 1. The first-order valence-corrected chi connectivity index (χ1v) is 14.1. The number of rotatable bonds is 21. The summed E-state index contributed by atoms with van der Waals surface area (Å²) in [6, 6.07) is -4.89. The summed E-state index contributed by atoms with van der Waals surface area (Å²) in [5, 5.41) is 20.9. The number of primary amides is 1. The summed E-state index contributed by atoms with van der Waals surface area (Å²) in [7, 11) is 0. The van der Waals surface area contributed by atoms with Gasteiger partial charge < -0.3 is 0 Å². The van der Waals surface area contributed by atoms with E-state index in [1.807, 2.05) is 0 Å². The minimum absolute atomic E-state index is 0.0120. The molecule has 0 aromatic carbocycles. The van der Waals surface area contributed by atoms with Crippen molar-refractivity contribution in [2.24, 2.45) is 39.4 Å². The molecule has 20 heteroatoms. The number of guanidine groups is 2. The van der Waals surface area contributed by atoms with E-state index in [9.17, 15) is 33.9 Å². The number of carboxylic acid groups (broad SMARTS) is 1. The standard InChI is InChI=1S/C22H41N12O7Se/c23-11(3-1-7-29-21(25)26)17(37)31-9-16(36)32-14(10-42)19(39)33-12(4-2-8-30-22(27)28)18(38)34-13(20(40)41)5-6-15(24)35/h11-14H,1-10,23H2,(H2,24,35)(H,31,37)(H,32,36)(H,33,39)(H,34,38)(H,40,41)(H4,25,26,29)(H4,27,28,30)/t11-,12-,13?,14-/m0/s1. The van der Waals surface area contributed by atoms with Crippen LogP contribution in [-0.2, 0) is 28.8 Å². The molecule has 17 N–H and O–H groups in total. The third-order valence-electron chi connectivity index (χ3n) is 5.46. The first-order valence-electron chi connectivity index (χ1n) is 12.9. The molecule has 0 aromatic rings. The van der Waals surface area contributed by atoms with Gasteiger partial charge in [-0.05, 0) is 0 Å². The van der Waals surface area contributed by atoms with E-state index in [4.69, 9.17) is 34.4 Å². The van der Waals surface area contributed by atoms with E-state index in [-0.39, 0.29) is 55.9 Å². The van der Waals surface area contributed by atoms with Gasteiger partial charge in [-0.1, -0.05) is 0 Å². The first kappa shape index (κ1) is 37.8. The fourth-order valence-corrected chi connectivity index (χ4v) is 3.76. The number of nitrogens with two attached hydrogens (primary N) is 6. The molecule has 1 radical (unpaired) electrons. The number of aliphatic imine (C=N–C) groups is 1. The van der Waals surface area contributed by atoms with E-state index in [0.29, 0.717) is 13.0 Å². The fourth-order valence-electron chi connectivity index (χ4n) is 3.27. The summed E-state index contributed by atoms with van der Waals surface area (Å²) >= 11 is 2.61. The van der Waals surface area contributed by atoms with E-state index in [0.717, 1.165) is 0 Å². The van der Waals surface area contributed by atoms with E-state index in [1.54, 1.807) is 0 Å². The number of carbonyl (C=O) groups is 6. The number of amides is 5. The van der Waals surface area contributed by atoms with Crippen LogP contribution in [0.5, 0.6) is 0 Å². The molecule has 0 aromatic heterocycles. The molecule has 0 fully saturated rings. The van der Waals surface area contributed by atoms with Crippen molar-refractivity contribution in [1.29, 1.82) is 0 Å². The van der Waals surface area contributed by atoms with Gasteiger partial charge in [-0.15, -0.1) is 0 Å². The molecule has 0 aliphatic carbocycles. The van der Waals surface area contributed by atoms with Gasteiger partial charge >= 0.3 is 239 Å². The normalized spacial score (nSPS) is 13.3. The number of carboxylic acids is 1. The maximum atomic E-state index is 12.9. The third-order valence-corrected chi connectivity index (χ3v) is 6.16. The molecule has 1 unspecified atom stereocenters. The zero-order valence-corrected chi connectivity index (χ0v) is 24.8. The average Bonchev–Trinajstić information content (AvgIpc) is 2.91. The Bertz CT molecular complexity index is 1000. The Morgan fingerprint density at radius 3 is 1.98 bits per heavy atom. The summed E-state index contributed by atoms with van der Waals surface area (Å²) < 4.78 is 0. The molecular weight excluding hydrogens is 623 g/mol. The molecule has 0 aliphatic rings. The topological polar surface area (TPSA) is 356 Å². The van der Waals surface area contributed by atoms with Crippen LogP contribution in [0.25, 0.3) is 0 Å². The summed E-state index contributed by atoms with van der Waals surface area (Å²) in [6.07, 6.45) is 0.314. The fraction of sp³-hybridized carbons (Fsp3) is 0.636. The second-order valence-electron chi connectivity index (χ2n) is 9.03. The first-order chi connectivity index (χ1) is 19.7. The van der Waals surface area contributed by atoms with Crippen molar-refractivity contribution in [3.05, 3.63) is 0 Å². The molecule has 19 nitrogen and oxygen atoms in total. The summed E-state index contributed by atoms with van der Waals surface area (Å²) in [5.74, 6) is -5.55. The molecule has 0 spiro atoms. The van der Waals surface area contributed by atoms with Crippen LogP contribution in [-0.4, -0.2) is 107 Å². The van der Waals surface area contributed by atoms with Gasteiger partial charge in [-0.2, -0.15) is 0 Å². The van der Waals surface area contributed by atoms with Gasteiger partial charge in [0.15, 0.2) is 0 Å². The number of hydrogen-bond acceptors (Lipinski definition) is 9. The SMILES string of the molecule is NC(=O)CCC(NC(=O)[C@H](CCCN=C(N)N)NC(=O)[C@H](C[Se])NC(=O)CNC(=O)[C@@H](N)CCC[NH+]=C(N)N)C(=O)[O-]. The maximum absolute atomic E-state index is 12.9. The Hall–Kier alpha value is -4.16. The molecule has 0 saturated carbocycles. The molecule has 4 atom stereocenters. The number of nitrogens with zero attached hydrogens (tertiary/aromatic N) is 1. The van der Waals surface area contributed by atoms with E-state index < -0.39 is 66.2 Å². The molecule has 42 heavy (non-hydrogen) atoms. The van der Waals surface area contributed by atoms with Crippen molar-refractivity contribution in [3.63, 3.8) is 0 Å². The predicted octanol–water partition coefficient (Wildman–Crippen LogP) is -9.33. The van der Waals surface area contributed by atoms with E-state index in [1.165, 1.54) is 0 Å². The zero-order valence-electron chi connectivity index (χ0n) is 23.1. The van der Waals surface area contributed by atoms with Gasteiger partial charge in [0, 0.05) is 0 Å². The Morgan fingerprint density at radius 2 is 1.43 bits per heavy atom. The van der Waals surface area contributed by atoms with Crippen molar-refractivity contribution in [3.8, 4) is 0 Å². The molecule has 5 amide bonds. The Morgan fingerprint density at radius 1 is 0.810 bits per heavy atom. The molecule has 0 bridgehead atoms. The van der Waals surface area contributed by atoms with Crippen molar-refractivity contribution < 1.29 is 38.9 Å². The van der Waals surface area contributed by atoms with Gasteiger partial charge in [0.25, 0.3) is 0 Å². The van der Waals surface area contributed by atoms with Crippen molar-refractivity contribution in [1.82, 2.24) is 21.3 Å². The van der Waals surface area contributed by atoms with Crippen LogP contribution in [0, 0.1) is 0 Å². The zero-order chi connectivity index (χ0) is 32.2. The summed E-state index contributed by atoms with van der Waals surface area (Å²) in [4.78, 5) is 79.3. The number of nitrogens with one attached hydrogen (secondary N) is 5. The van der Waals surface area contributed by atoms with Crippen molar-refractivity contribution in [2.45, 2.75) is 68.0 Å². The Labute approximate surface area is 250 Å².